The second kappa shape index (κ2) is 7.91. The van der Waals surface area contributed by atoms with Gasteiger partial charge in [-0.3, -0.25) is 10.1 Å². The molecule has 5 heteroatoms. The number of benzene rings is 2. The van der Waals surface area contributed by atoms with Gasteiger partial charge in [0.05, 0.1) is 12.5 Å². The zero-order valence-corrected chi connectivity index (χ0v) is 12.7. The molecule has 0 saturated carbocycles. The Morgan fingerprint density at radius 2 is 1.68 bits per heavy atom. The van der Waals surface area contributed by atoms with Crippen LogP contribution in [0.1, 0.15) is 21.5 Å². The summed E-state index contributed by atoms with van der Waals surface area (Å²) in [7, 11) is 0. The van der Waals surface area contributed by atoms with E-state index in [1.54, 1.807) is 24.3 Å². The molecule has 0 aliphatic rings. The highest BCUT2D eigenvalue weighted by Gasteiger charge is 2.07. The summed E-state index contributed by atoms with van der Waals surface area (Å²) in [5.41, 5.74) is 2.49. The molecule has 0 atom stereocenters. The largest absolute Gasteiger partial charge is 0.358 e. The lowest BCUT2D eigenvalue weighted by Crippen LogP contribution is -2.38. The van der Waals surface area contributed by atoms with Crippen molar-refractivity contribution in [2.45, 2.75) is 13.0 Å². The van der Waals surface area contributed by atoms with Crippen molar-refractivity contribution in [3.63, 3.8) is 0 Å². The Balaban J connectivity index is 1.91. The van der Waals surface area contributed by atoms with Crippen molar-refractivity contribution in [2.75, 3.05) is 0 Å². The zero-order chi connectivity index (χ0) is 15.8. The molecule has 4 nitrogen and oxygen atoms in total. The molecule has 0 fully saturated rings. The van der Waals surface area contributed by atoms with Gasteiger partial charge in [0.15, 0.2) is 5.11 Å². The van der Waals surface area contributed by atoms with Gasteiger partial charge in [-0.25, -0.2) is 0 Å². The molecule has 2 N–H and O–H groups in total. The molecule has 0 aliphatic carbocycles. The van der Waals surface area contributed by atoms with Crippen LogP contribution in [0.5, 0.6) is 0 Å². The first-order valence-electron chi connectivity index (χ1n) is 6.78. The van der Waals surface area contributed by atoms with Gasteiger partial charge in [-0.15, -0.1) is 0 Å². The maximum Gasteiger partial charge on any atom is 0.257 e. The van der Waals surface area contributed by atoms with Gasteiger partial charge in [0.25, 0.3) is 5.91 Å². The molecular formula is C17H15N3OS. The minimum Gasteiger partial charge on any atom is -0.358 e. The number of nitrogens with one attached hydrogen (secondary N) is 2. The van der Waals surface area contributed by atoms with Gasteiger partial charge in [0.2, 0.25) is 0 Å². The van der Waals surface area contributed by atoms with Crippen LogP contribution in [0.2, 0.25) is 0 Å². The lowest BCUT2D eigenvalue weighted by molar-refractivity contribution is 0.0976. The van der Waals surface area contributed by atoms with E-state index >= 15 is 0 Å². The van der Waals surface area contributed by atoms with Gasteiger partial charge in [0.1, 0.15) is 0 Å². The van der Waals surface area contributed by atoms with Crippen LogP contribution in [-0.2, 0) is 13.0 Å². The number of nitrogens with zero attached hydrogens (tertiary/aromatic N) is 1. The number of hydrogen-bond donors (Lipinski definition) is 2. The molecule has 2 aromatic rings. The number of carbonyl (C=O) groups excluding carboxylic acids is 1. The Kier molecular flexibility index (Phi) is 5.64. The highest BCUT2D eigenvalue weighted by molar-refractivity contribution is 7.80. The van der Waals surface area contributed by atoms with E-state index < -0.39 is 0 Å². The zero-order valence-electron chi connectivity index (χ0n) is 11.9. The molecule has 2 aromatic carbocycles. The SMILES string of the molecule is N#CCc1ccccc1CNC(=S)NC(=O)c1ccccc1. The van der Waals surface area contributed by atoms with Crippen LogP contribution in [0.15, 0.2) is 54.6 Å². The standard InChI is InChI=1S/C17H15N3OS/c18-11-10-13-6-4-5-9-15(13)12-19-17(22)20-16(21)14-7-2-1-3-8-14/h1-9H,10,12H2,(H2,19,20,21,22). The summed E-state index contributed by atoms with van der Waals surface area (Å²) in [5.74, 6) is -0.247. The van der Waals surface area contributed by atoms with Gasteiger partial charge >= 0.3 is 0 Å². The first kappa shape index (κ1) is 15.7. The van der Waals surface area contributed by atoms with E-state index in [2.05, 4.69) is 16.7 Å². The Morgan fingerprint density at radius 3 is 2.36 bits per heavy atom. The van der Waals surface area contributed by atoms with Gasteiger partial charge in [0, 0.05) is 12.1 Å². The van der Waals surface area contributed by atoms with E-state index in [1.807, 2.05) is 30.3 Å². The number of carbonyl (C=O) groups is 1. The normalized spacial score (nSPS) is 9.59. The van der Waals surface area contributed by atoms with Crippen molar-refractivity contribution in [1.82, 2.24) is 10.6 Å². The monoisotopic (exact) mass is 309 g/mol. The molecule has 0 heterocycles. The van der Waals surface area contributed by atoms with Crippen molar-refractivity contribution in [3.8, 4) is 6.07 Å². The predicted molar refractivity (Wildman–Crippen MR) is 89.1 cm³/mol. The number of hydrogen-bond acceptors (Lipinski definition) is 3. The average Bonchev–Trinajstić information content (AvgIpc) is 2.55. The lowest BCUT2D eigenvalue weighted by Gasteiger charge is -2.11. The van der Waals surface area contributed by atoms with Gasteiger partial charge in [-0.1, -0.05) is 42.5 Å². The van der Waals surface area contributed by atoms with E-state index in [-0.39, 0.29) is 11.0 Å². The second-order valence-electron chi connectivity index (χ2n) is 4.61. The van der Waals surface area contributed by atoms with Crippen molar-refractivity contribution < 1.29 is 4.79 Å². The van der Waals surface area contributed by atoms with E-state index in [1.165, 1.54) is 0 Å². The Labute approximate surface area is 134 Å². The molecule has 0 saturated heterocycles. The minimum absolute atomic E-state index is 0.247. The predicted octanol–water partition coefficient (Wildman–Crippen LogP) is 2.56. The van der Waals surface area contributed by atoms with E-state index in [0.717, 1.165) is 11.1 Å². The molecule has 110 valence electrons. The average molecular weight is 309 g/mol. The lowest BCUT2D eigenvalue weighted by atomic mass is 10.1. The first-order valence-corrected chi connectivity index (χ1v) is 7.19. The van der Waals surface area contributed by atoms with Crippen LogP contribution in [0.25, 0.3) is 0 Å². The topological polar surface area (TPSA) is 64.9 Å². The van der Waals surface area contributed by atoms with E-state index in [9.17, 15) is 4.79 Å². The fraction of sp³-hybridized carbons (Fsp3) is 0.118. The summed E-state index contributed by atoms with van der Waals surface area (Å²) in [6.07, 6.45) is 0.348. The summed E-state index contributed by atoms with van der Waals surface area (Å²) in [4.78, 5) is 12.0. The van der Waals surface area contributed by atoms with Crippen LogP contribution in [0.3, 0.4) is 0 Å². The van der Waals surface area contributed by atoms with Gasteiger partial charge in [-0.2, -0.15) is 5.26 Å². The number of amides is 1. The van der Waals surface area contributed by atoms with Crippen molar-refractivity contribution >= 4 is 23.2 Å². The molecule has 0 bridgehead atoms. The molecule has 0 spiro atoms. The number of nitriles is 1. The molecule has 0 aromatic heterocycles. The third kappa shape index (κ3) is 4.40. The van der Waals surface area contributed by atoms with Crippen LogP contribution in [0, 0.1) is 11.3 Å². The van der Waals surface area contributed by atoms with Gasteiger partial charge < -0.3 is 5.32 Å². The maximum absolute atomic E-state index is 12.0. The Bertz CT molecular complexity index is 707. The van der Waals surface area contributed by atoms with Crippen LogP contribution >= 0.6 is 12.2 Å². The fourth-order valence-corrected chi connectivity index (χ4v) is 2.14. The van der Waals surface area contributed by atoms with Crippen molar-refractivity contribution in [1.29, 1.82) is 5.26 Å². The molecule has 0 aliphatic heterocycles. The van der Waals surface area contributed by atoms with Crippen molar-refractivity contribution in [3.05, 3.63) is 71.3 Å². The molecule has 22 heavy (non-hydrogen) atoms. The first-order chi connectivity index (χ1) is 10.7. The number of rotatable bonds is 4. The molecule has 0 unspecified atom stereocenters. The summed E-state index contributed by atoms with van der Waals surface area (Å²) in [5, 5.41) is 14.7. The second-order valence-corrected chi connectivity index (χ2v) is 5.01. The van der Waals surface area contributed by atoms with E-state index in [0.29, 0.717) is 18.5 Å². The smallest absolute Gasteiger partial charge is 0.257 e. The fourth-order valence-electron chi connectivity index (χ4n) is 1.97. The summed E-state index contributed by atoms with van der Waals surface area (Å²) >= 11 is 5.13. The summed E-state index contributed by atoms with van der Waals surface area (Å²) in [6, 6.07) is 18.7. The quantitative estimate of drug-likeness (QED) is 0.852. The summed E-state index contributed by atoms with van der Waals surface area (Å²) in [6.45, 7) is 0.464. The minimum atomic E-state index is -0.247. The highest BCUT2D eigenvalue weighted by atomic mass is 32.1. The number of thiocarbonyl (C=S) groups is 1. The highest BCUT2D eigenvalue weighted by Crippen LogP contribution is 2.08. The van der Waals surface area contributed by atoms with E-state index in [4.69, 9.17) is 17.5 Å². The molecular weight excluding hydrogens is 294 g/mol. The third-order valence-electron chi connectivity index (χ3n) is 3.09. The maximum atomic E-state index is 12.0. The molecule has 0 radical (unpaired) electrons. The summed E-state index contributed by atoms with van der Waals surface area (Å²) < 4.78 is 0. The van der Waals surface area contributed by atoms with Crippen LogP contribution in [0.4, 0.5) is 0 Å². The van der Waals surface area contributed by atoms with Crippen LogP contribution < -0.4 is 10.6 Å². The molecule has 2 rings (SSSR count). The Hall–Kier alpha value is -2.71. The van der Waals surface area contributed by atoms with Crippen LogP contribution in [-0.4, -0.2) is 11.0 Å². The Morgan fingerprint density at radius 1 is 1.05 bits per heavy atom. The molecule has 1 amide bonds. The third-order valence-corrected chi connectivity index (χ3v) is 3.34. The van der Waals surface area contributed by atoms with Crippen molar-refractivity contribution in [2.24, 2.45) is 0 Å². The van der Waals surface area contributed by atoms with Gasteiger partial charge in [-0.05, 0) is 35.5 Å².